The second kappa shape index (κ2) is 63.9. The van der Waals surface area contributed by atoms with Crippen molar-refractivity contribution in [3.8, 4) is 0 Å². The monoisotopic (exact) mass is 1030 g/mol. The fourth-order valence-electron chi connectivity index (χ4n) is 11.5. The van der Waals surface area contributed by atoms with Crippen LogP contribution in [0.25, 0.3) is 0 Å². The van der Waals surface area contributed by atoms with Crippen molar-refractivity contribution in [3.63, 3.8) is 0 Å². The van der Waals surface area contributed by atoms with E-state index in [1.807, 2.05) is 0 Å². The molecule has 5 nitrogen and oxygen atoms in total. The van der Waals surface area contributed by atoms with Crippen LogP contribution in [0.4, 0.5) is 0 Å². The van der Waals surface area contributed by atoms with Crippen molar-refractivity contribution in [2.75, 3.05) is 6.61 Å². The third kappa shape index (κ3) is 60.4. The van der Waals surface area contributed by atoms with Crippen LogP contribution in [0.3, 0.4) is 0 Å². The maximum atomic E-state index is 12.6. The maximum absolute atomic E-state index is 12.6. The Labute approximate surface area is 459 Å². The molecule has 5 heteroatoms. The Hall–Kier alpha value is -0.650. The van der Waals surface area contributed by atoms with Gasteiger partial charge in [0.25, 0.3) is 0 Å². The number of hydrogen-bond donors (Lipinski definition) is 4. The van der Waals surface area contributed by atoms with Gasteiger partial charge in [0, 0.05) is 0 Å². The van der Waals surface area contributed by atoms with Gasteiger partial charge in [0.2, 0.25) is 5.91 Å². The van der Waals surface area contributed by atoms with E-state index in [4.69, 9.17) is 0 Å². The van der Waals surface area contributed by atoms with E-state index in [-0.39, 0.29) is 18.9 Å². The number of aliphatic hydroxyl groups is 3. The smallest absolute Gasteiger partial charge is 0.222 e. The second-order valence-corrected chi connectivity index (χ2v) is 24.2. The number of nitrogens with one attached hydrogen (secondary N) is 1. The summed E-state index contributed by atoms with van der Waals surface area (Å²) in [7, 11) is 0. The van der Waals surface area contributed by atoms with Gasteiger partial charge >= 0.3 is 0 Å². The largest absolute Gasteiger partial charge is 0.394 e. The van der Waals surface area contributed by atoms with Gasteiger partial charge in [0.1, 0.15) is 0 Å². The zero-order valence-corrected chi connectivity index (χ0v) is 50.3. The highest BCUT2D eigenvalue weighted by Crippen LogP contribution is 2.20. The number of carbonyl (C=O) groups excluding carboxylic acids is 1. The standard InChI is InChI=1S/C68H137NO4/c1-3-5-7-9-11-13-15-17-19-21-23-25-27-29-30-31-32-33-34-35-36-38-39-41-43-45-47-49-51-53-55-57-59-61-65(71)63-68(73)69-66(64-70)67(72)62-60-58-56-54-52-50-48-46-44-42-40-37-28-26-24-22-20-18-16-14-12-10-8-6-4-2/h65-67,70-72H,3-64H2,1-2H3,(H,69,73). The van der Waals surface area contributed by atoms with Gasteiger partial charge in [-0.1, -0.05) is 386 Å². The molecular weight excluding hydrogens is 895 g/mol. The average molecular weight is 1030 g/mol. The van der Waals surface area contributed by atoms with Crippen molar-refractivity contribution in [1.29, 1.82) is 0 Å². The van der Waals surface area contributed by atoms with E-state index in [0.29, 0.717) is 12.8 Å². The Balaban J connectivity index is 3.42. The van der Waals surface area contributed by atoms with Gasteiger partial charge in [-0.05, 0) is 12.8 Å². The van der Waals surface area contributed by atoms with Crippen LogP contribution >= 0.6 is 0 Å². The maximum Gasteiger partial charge on any atom is 0.222 e. The molecule has 0 saturated carbocycles. The molecule has 1 amide bonds. The summed E-state index contributed by atoms with van der Waals surface area (Å²) in [5.41, 5.74) is 0. The number of amides is 1. The van der Waals surface area contributed by atoms with Gasteiger partial charge in [-0.15, -0.1) is 0 Å². The molecule has 73 heavy (non-hydrogen) atoms. The lowest BCUT2D eigenvalue weighted by Crippen LogP contribution is -2.46. The molecule has 3 atom stereocenters. The SMILES string of the molecule is CCCCCCCCCCCCCCCCCCCCCCCCCCCCCCCCCCCC(O)CC(=O)NC(CO)C(O)CCCCCCCCCCCCCCCCCCCCCCCCCCC. The average Bonchev–Trinajstić information content (AvgIpc) is 3.39. The zero-order chi connectivity index (χ0) is 52.9. The first-order chi connectivity index (χ1) is 36.0. The molecule has 0 spiro atoms. The quantitative estimate of drug-likeness (QED) is 0.0457. The fourth-order valence-corrected chi connectivity index (χ4v) is 11.5. The highest BCUT2D eigenvalue weighted by molar-refractivity contribution is 5.76. The van der Waals surface area contributed by atoms with Crippen molar-refractivity contribution < 1.29 is 20.1 Å². The molecule has 438 valence electrons. The normalized spacial score (nSPS) is 13.0. The molecule has 0 saturated heterocycles. The van der Waals surface area contributed by atoms with Crippen LogP contribution in [-0.2, 0) is 4.79 Å². The summed E-state index contributed by atoms with van der Waals surface area (Å²) < 4.78 is 0. The first-order valence-electron chi connectivity index (χ1n) is 34.3. The Kier molecular flexibility index (Phi) is 63.3. The molecule has 0 heterocycles. The Morgan fingerprint density at radius 1 is 0.288 bits per heavy atom. The van der Waals surface area contributed by atoms with E-state index in [1.165, 1.54) is 347 Å². The minimum absolute atomic E-state index is 0.0440. The minimum atomic E-state index is -0.747. The van der Waals surface area contributed by atoms with Gasteiger partial charge in [0.15, 0.2) is 0 Å². The summed E-state index contributed by atoms with van der Waals surface area (Å²) in [6, 6.07) is -0.655. The number of unbranched alkanes of at least 4 members (excludes halogenated alkanes) is 56. The predicted molar refractivity (Wildman–Crippen MR) is 324 cm³/mol. The molecular formula is C68H137NO4. The lowest BCUT2D eigenvalue weighted by Gasteiger charge is -2.23. The molecule has 0 fully saturated rings. The Morgan fingerprint density at radius 2 is 0.466 bits per heavy atom. The number of carbonyl (C=O) groups is 1. The van der Waals surface area contributed by atoms with Gasteiger partial charge in [-0.2, -0.15) is 0 Å². The van der Waals surface area contributed by atoms with E-state index >= 15 is 0 Å². The molecule has 0 bridgehead atoms. The van der Waals surface area contributed by atoms with Crippen molar-refractivity contribution in [3.05, 3.63) is 0 Å². The van der Waals surface area contributed by atoms with E-state index in [1.54, 1.807) is 0 Å². The predicted octanol–water partition coefficient (Wildman–Crippen LogP) is 22.0. The van der Waals surface area contributed by atoms with Crippen LogP contribution in [0.5, 0.6) is 0 Å². The lowest BCUT2D eigenvalue weighted by molar-refractivity contribution is -0.125. The first kappa shape index (κ1) is 72.3. The molecule has 0 radical (unpaired) electrons. The third-order valence-corrected chi connectivity index (χ3v) is 16.7. The number of hydrogen-bond acceptors (Lipinski definition) is 4. The van der Waals surface area contributed by atoms with Crippen molar-refractivity contribution in [2.45, 2.75) is 424 Å². The van der Waals surface area contributed by atoms with E-state index in [0.717, 1.165) is 25.7 Å². The molecule has 0 rings (SSSR count). The summed E-state index contributed by atoms with van der Waals surface area (Å²) in [5, 5.41) is 33.8. The van der Waals surface area contributed by atoms with E-state index in [2.05, 4.69) is 19.2 Å². The molecule has 0 aliphatic rings. The molecule has 0 aromatic carbocycles. The summed E-state index contributed by atoms with van der Waals surface area (Å²) in [4.78, 5) is 12.6. The van der Waals surface area contributed by atoms with Gasteiger partial charge in [-0.3, -0.25) is 4.79 Å². The third-order valence-electron chi connectivity index (χ3n) is 16.7. The zero-order valence-electron chi connectivity index (χ0n) is 50.3. The van der Waals surface area contributed by atoms with Crippen LogP contribution in [0.1, 0.15) is 406 Å². The van der Waals surface area contributed by atoms with Crippen LogP contribution in [0.15, 0.2) is 0 Å². The van der Waals surface area contributed by atoms with Crippen LogP contribution in [0, 0.1) is 0 Å². The lowest BCUT2D eigenvalue weighted by atomic mass is 10.0. The number of rotatable bonds is 65. The molecule has 3 unspecified atom stereocenters. The first-order valence-corrected chi connectivity index (χ1v) is 34.3. The van der Waals surface area contributed by atoms with Crippen LogP contribution < -0.4 is 5.32 Å². The van der Waals surface area contributed by atoms with E-state index in [9.17, 15) is 20.1 Å². The Bertz CT molecular complexity index is 1010. The van der Waals surface area contributed by atoms with Crippen molar-refractivity contribution in [2.24, 2.45) is 0 Å². The highest BCUT2D eigenvalue weighted by atomic mass is 16.3. The van der Waals surface area contributed by atoms with Crippen molar-refractivity contribution >= 4 is 5.91 Å². The van der Waals surface area contributed by atoms with Gasteiger partial charge in [0.05, 0.1) is 31.3 Å². The highest BCUT2D eigenvalue weighted by Gasteiger charge is 2.21. The van der Waals surface area contributed by atoms with Gasteiger partial charge in [-0.25, -0.2) is 0 Å². The molecule has 0 aliphatic carbocycles. The summed E-state index contributed by atoms with van der Waals surface area (Å²) in [5.74, 6) is -0.272. The van der Waals surface area contributed by atoms with E-state index < -0.39 is 18.2 Å². The molecule has 0 aromatic heterocycles. The molecule has 4 N–H and O–H groups in total. The Morgan fingerprint density at radius 3 is 0.658 bits per heavy atom. The summed E-state index contributed by atoms with van der Waals surface area (Å²) in [6.07, 6.45) is 80.4. The van der Waals surface area contributed by atoms with Crippen LogP contribution in [0.2, 0.25) is 0 Å². The second-order valence-electron chi connectivity index (χ2n) is 24.2. The van der Waals surface area contributed by atoms with Crippen LogP contribution in [-0.4, -0.2) is 46.1 Å². The fraction of sp³-hybridized carbons (Fsp3) is 0.985. The molecule has 0 aromatic rings. The molecule has 0 aliphatic heterocycles. The summed E-state index contributed by atoms with van der Waals surface area (Å²) >= 11 is 0. The minimum Gasteiger partial charge on any atom is -0.394 e. The van der Waals surface area contributed by atoms with Gasteiger partial charge < -0.3 is 20.6 Å². The number of aliphatic hydroxyl groups excluding tert-OH is 3. The topological polar surface area (TPSA) is 89.8 Å². The van der Waals surface area contributed by atoms with Crippen molar-refractivity contribution in [1.82, 2.24) is 5.32 Å². The summed E-state index contributed by atoms with van der Waals surface area (Å²) in [6.45, 7) is 4.33.